The molecule has 0 fully saturated rings. The lowest BCUT2D eigenvalue weighted by Gasteiger charge is -2.23. The minimum absolute atomic E-state index is 0.0361. The lowest BCUT2D eigenvalue weighted by molar-refractivity contribution is 0.0605. The van der Waals surface area contributed by atoms with E-state index in [0.717, 1.165) is 17.8 Å². The summed E-state index contributed by atoms with van der Waals surface area (Å²) < 4.78 is 16.6. The molecular weight excluding hydrogens is 468 g/mol. The number of hydrogen-bond acceptors (Lipinski definition) is 8. The van der Waals surface area contributed by atoms with Gasteiger partial charge in [0.15, 0.2) is 10.6 Å². The first-order valence-electron chi connectivity index (χ1n) is 11.1. The molecule has 2 aromatic carbocycles. The van der Waals surface area contributed by atoms with Crippen LogP contribution in [-0.2, 0) is 4.74 Å². The number of para-hydroxylation sites is 1. The van der Waals surface area contributed by atoms with Gasteiger partial charge >= 0.3 is 5.97 Å². The van der Waals surface area contributed by atoms with Gasteiger partial charge in [-0.05, 0) is 43.2 Å². The third-order valence-corrected chi connectivity index (χ3v) is 6.92. The highest BCUT2D eigenvalue weighted by Crippen LogP contribution is 2.43. The van der Waals surface area contributed by atoms with Crippen LogP contribution >= 0.6 is 11.3 Å². The molecular formula is C26H22N2O6S. The molecule has 0 bridgehead atoms. The first kappa shape index (κ1) is 22.8. The average Bonchev–Trinajstić information content (AvgIpc) is 3.40. The van der Waals surface area contributed by atoms with Crippen LogP contribution in [0.5, 0.6) is 5.75 Å². The Morgan fingerprint density at radius 3 is 2.74 bits per heavy atom. The van der Waals surface area contributed by atoms with Crippen molar-refractivity contribution in [3.63, 3.8) is 0 Å². The fourth-order valence-electron chi connectivity index (χ4n) is 4.19. The quantitative estimate of drug-likeness (QED) is 0.355. The molecule has 178 valence electrons. The van der Waals surface area contributed by atoms with E-state index in [9.17, 15) is 14.4 Å². The van der Waals surface area contributed by atoms with Gasteiger partial charge in [-0.15, -0.1) is 0 Å². The SMILES string of the molecule is CCCOc1cccc(C2c3c(oc4ccccc4c3=O)C(=O)N2c2nc(C)c(C(=O)OC)s2)c1. The molecule has 0 N–H and O–H groups in total. The van der Waals surface area contributed by atoms with Gasteiger partial charge in [0.1, 0.15) is 16.2 Å². The van der Waals surface area contributed by atoms with Crippen molar-refractivity contribution in [2.75, 3.05) is 18.6 Å². The van der Waals surface area contributed by atoms with Crippen molar-refractivity contribution in [3.05, 3.63) is 86.2 Å². The Hall–Kier alpha value is -3.98. The maximum Gasteiger partial charge on any atom is 0.350 e. The molecule has 3 heterocycles. The molecule has 0 aliphatic carbocycles. The van der Waals surface area contributed by atoms with Crippen LogP contribution in [0.3, 0.4) is 0 Å². The van der Waals surface area contributed by atoms with Gasteiger partial charge in [0.2, 0.25) is 5.76 Å². The summed E-state index contributed by atoms with van der Waals surface area (Å²) in [6, 6.07) is 13.3. The highest BCUT2D eigenvalue weighted by molar-refractivity contribution is 7.17. The summed E-state index contributed by atoms with van der Waals surface area (Å²) in [6.07, 6.45) is 0.839. The van der Waals surface area contributed by atoms with Crippen molar-refractivity contribution >= 4 is 39.3 Å². The number of carbonyl (C=O) groups is 2. The van der Waals surface area contributed by atoms with Gasteiger partial charge in [0.25, 0.3) is 5.91 Å². The Kier molecular flexibility index (Phi) is 5.86. The molecule has 1 atom stereocenters. The van der Waals surface area contributed by atoms with Crippen LogP contribution in [0, 0.1) is 6.92 Å². The van der Waals surface area contributed by atoms with Crippen LogP contribution in [0.1, 0.15) is 56.4 Å². The maximum absolute atomic E-state index is 13.7. The molecule has 1 amide bonds. The van der Waals surface area contributed by atoms with Gasteiger partial charge < -0.3 is 13.9 Å². The fourth-order valence-corrected chi connectivity index (χ4v) is 5.21. The number of amides is 1. The van der Waals surface area contributed by atoms with Gasteiger partial charge in [-0.25, -0.2) is 9.78 Å². The molecule has 4 aromatic rings. The smallest absolute Gasteiger partial charge is 0.350 e. The second kappa shape index (κ2) is 8.99. The van der Waals surface area contributed by atoms with E-state index in [-0.39, 0.29) is 26.8 Å². The summed E-state index contributed by atoms with van der Waals surface area (Å²) in [6.45, 7) is 4.22. The summed E-state index contributed by atoms with van der Waals surface area (Å²) in [5.41, 5.74) is 1.37. The average molecular weight is 491 g/mol. The van der Waals surface area contributed by atoms with E-state index in [1.54, 1.807) is 31.2 Å². The van der Waals surface area contributed by atoms with E-state index in [4.69, 9.17) is 13.9 Å². The van der Waals surface area contributed by atoms with Gasteiger partial charge in [0, 0.05) is 0 Å². The zero-order chi connectivity index (χ0) is 24.7. The lowest BCUT2D eigenvalue weighted by Crippen LogP contribution is -2.29. The summed E-state index contributed by atoms with van der Waals surface area (Å²) in [4.78, 5) is 45.8. The Bertz CT molecular complexity index is 1520. The predicted molar refractivity (Wildman–Crippen MR) is 132 cm³/mol. The van der Waals surface area contributed by atoms with Crippen molar-refractivity contribution < 1.29 is 23.5 Å². The van der Waals surface area contributed by atoms with Crippen molar-refractivity contribution in [1.82, 2.24) is 4.98 Å². The van der Waals surface area contributed by atoms with E-state index in [1.807, 2.05) is 31.2 Å². The number of thiazole rings is 1. The number of aromatic nitrogens is 1. The third kappa shape index (κ3) is 3.77. The normalized spacial score (nSPS) is 14.9. The van der Waals surface area contributed by atoms with E-state index in [2.05, 4.69) is 4.98 Å². The predicted octanol–water partition coefficient (Wildman–Crippen LogP) is 4.88. The molecule has 0 saturated heterocycles. The van der Waals surface area contributed by atoms with E-state index < -0.39 is 17.9 Å². The number of esters is 1. The second-order valence-electron chi connectivity index (χ2n) is 8.07. The number of benzene rings is 2. The first-order chi connectivity index (χ1) is 16.9. The summed E-state index contributed by atoms with van der Waals surface area (Å²) >= 11 is 1.03. The zero-order valence-electron chi connectivity index (χ0n) is 19.4. The topological polar surface area (TPSA) is 98.9 Å². The van der Waals surface area contributed by atoms with E-state index in [1.165, 1.54) is 12.0 Å². The minimum atomic E-state index is -0.806. The number of fused-ring (bicyclic) bond motifs is 2. The molecule has 0 spiro atoms. The van der Waals surface area contributed by atoms with Crippen LogP contribution in [0.25, 0.3) is 11.0 Å². The third-order valence-electron chi connectivity index (χ3n) is 5.79. The molecule has 1 aliphatic rings. The molecule has 0 radical (unpaired) electrons. The van der Waals surface area contributed by atoms with E-state index >= 15 is 0 Å². The van der Waals surface area contributed by atoms with Gasteiger partial charge in [-0.1, -0.05) is 42.5 Å². The molecule has 9 heteroatoms. The monoisotopic (exact) mass is 490 g/mol. The zero-order valence-corrected chi connectivity index (χ0v) is 20.2. The van der Waals surface area contributed by atoms with Crippen molar-refractivity contribution in [2.45, 2.75) is 26.3 Å². The number of aryl methyl sites for hydroxylation is 1. The van der Waals surface area contributed by atoms with Crippen LogP contribution in [0.2, 0.25) is 0 Å². The van der Waals surface area contributed by atoms with E-state index in [0.29, 0.717) is 34.6 Å². The molecule has 8 nitrogen and oxygen atoms in total. The van der Waals surface area contributed by atoms with Gasteiger partial charge in [-0.2, -0.15) is 0 Å². The fraction of sp³-hybridized carbons (Fsp3) is 0.231. The Morgan fingerprint density at radius 1 is 1.17 bits per heavy atom. The number of hydrogen-bond donors (Lipinski definition) is 0. The minimum Gasteiger partial charge on any atom is -0.494 e. The van der Waals surface area contributed by atoms with Gasteiger partial charge in [-0.3, -0.25) is 14.5 Å². The maximum atomic E-state index is 13.7. The highest BCUT2D eigenvalue weighted by Gasteiger charge is 2.45. The van der Waals surface area contributed by atoms with Crippen LogP contribution < -0.4 is 15.1 Å². The number of methoxy groups -OCH3 is 1. The Balaban J connectivity index is 1.74. The van der Waals surface area contributed by atoms with Crippen LogP contribution in [0.4, 0.5) is 5.13 Å². The first-order valence-corrected chi connectivity index (χ1v) is 11.9. The van der Waals surface area contributed by atoms with Crippen molar-refractivity contribution in [3.8, 4) is 5.75 Å². The number of anilines is 1. The standard InChI is InChI=1S/C26H22N2O6S/c1-4-12-33-16-9-7-8-15(13-16)20-19-21(29)17-10-5-6-11-18(17)34-22(19)24(30)28(20)26-27-14(2)23(35-26)25(31)32-3/h5-11,13,20H,4,12H2,1-3H3. The number of nitrogens with zero attached hydrogens (tertiary/aromatic N) is 2. The number of carbonyl (C=O) groups excluding carboxylic acids is 2. The summed E-state index contributed by atoms with van der Waals surface area (Å²) in [5.74, 6) is -0.452. The molecule has 2 aromatic heterocycles. The molecule has 0 saturated carbocycles. The lowest BCUT2D eigenvalue weighted by atomic mass is 9.98. The molecule has 1 unspecified atom stereocenters. The highest BCUT2D eigenvalue weighted by atomic mass is 32.1. The van der Waals surface area contributed by atoms with Gasteiger partial charge in [0.05, 0.1) is 36.4 Å². The molecule has 35 heavy (non-hydrogen) atoms. The molecule has 1 aliphatic heterocycles. The van der Waals surface area contributed by atoms with Crippen molar-refractivity contribution in [2.24, 2.45) is 0 Å². The van der Waals surface area contributed by atoms with Crippen molar-refractivity contribution in [1.29, 1.82) is 0 Å². The second-order valence-corrected chi connectivity index (χ2v) is 9.05. The Labute approximate surface area is 204 Å². The summed E-state index contributed by atoms with van der Waals surface area (Å²) in [5, 5.41) is 0.655. The Morgan fingerprint density at radius 2 is 1.97 bits per heavy atom. The number of rotatable bonds is 6. The summed E-state index contributed by atoms with van der Waals surface area (Å²) in [7, 11) is 1.29. The van der Waals surface area contributed by atoms with Crippen LogP contribution in [0.15, 0.2) is 57.7 Å². The largest absolute Gasteiger partial charge is 0.494 e. The molecule has 5 rings (SSSR count). The number of ether oxygens (including phenoxy) is 2. The van der Waals surface area contributed by atoms with Crippen LogP contribution in [-0.4, -0.2) is 30.6 Å².